The molecule has 152 valence electrons. The van der Waals surface area contributed by atoms with Crippen LogP contribution in [0.5, 0.6) is 5.75 Å². The van der Waals surface area contributed by atoms with E-state index in [9.17, 15) is 13.2 Å². The molecule has 1 unspecified atom stereocenters. The van der Waals surface area contributed by atoms with Crippen molar-refractivity contribution in [3.05, 3.63) is 47.5 Å². The van der Waals surface area contributed by atoms with Crippen molar-refractivity contribution in [2.75, 3.05) is 19.0 Å². The molecule has 1 aliphatic rings. The van der Waals surface area contributed by atoms with Crippen molar-refractivity contribution in [2.24, 2.45) is 0 Å². The van der Waals surface area contributed by atoms with E-state index in [0.717, 1.165) is 15.2 Å². The van der Waals surface area contributed by atoms with E-state index in [0.29, 0.717) is 30.8 Å². The summed E-state index contributed by atoms with van der Waals surface area (Å²) in [5.41, 5.74) is 1.52. The molecular weight excluding hydrogens is 410 g/mol. The van der Waals surface area contributed by atoms with Crippen molar-refractivity contribution in [2.45, 2.75) is 30.7 Å². The highest BCUT2D eigenvalue weighted by Gasteiger charge is 2.39. The molecule has 9 heteroatoms. The normalized spacial score (nSPS) is 17.5. The molecule has 3 aromatic rings. The monoisotopic (exact) mass is 431 g/mol. The van der Waals surface area contributed by atoms with E-state index < -0.39 is 16.1 Å². The van der Waals surface area contributed by atoms with Crippen LogP contribution in [0.2, 0.25) is 0 Å². The minimum Gasteiger partial charge on any atom is -0.497 e. The van der Waals surface area contributed by atoms with Crippen LogP contribution in [0.25, 0.3) is 10.2 Å². The summed E-state index contributed by atoms with van der Waals surface area (Å²) in [6, 6.07) is 11.0. The van der Waals surface area contributed by atoms with Gasteiger partial charge in [-0.05, 0) is 62.2 Å². The van der Waals surface area contributed by atoms with Crippen LogP contribution in [0.3, 0.4) is 0 Å². The number of nitrogens with one attached hydrogen (secondary N) is 1. The molecule has 1 saturated heterocycles. The minimum atomic E-state index is -3.77. The van der Waals surface area contributed by atoms with Gasteiger partial charge >= 0.3 is 0 Å². The molecule has 1 aliphatic heterocycles. The van der Waals surface area contributed by atoms with Crippen molar-refractivity contribution in [3.63, 3.8) is 0 Å². The fourth-order valence-electron chi connectivity index (χ4n) is 3.52. The Balaban J connectivity index is 1.55. The Bertz CT molecular complexity index is 1160. The number of anilines is 1. The second-order valence-corrected chi connectivity index (χ2v) is 9.98. The first-order chi connectivity index (χ1) is 13.9. The molecule has 1 atom stereocenters. The molecule has 1 N–H and O–H groups in total. The number of nitrogens with zero attached hydrogens (tertiary/aromatic N) is 2. The Morgan fingerprint density at radius 1 is 1.24 bits per heavy atom. The Kier molecular flexibility index (Phi) is 5.28. The standard InChI is InChI=1S/C20H21N3O4S2/c1-13-21-17-10-5-14(12-19(17)28-13)22-20(24)18-4-3-11-23(18)29(25,26)16-8-6-15(27-2)7-9-16/h5-10,12,18H,3-4,11H2,1-2H3,(H,22,24). The van der Waals surface area contributed by atoms with Gasteiger partial charge in [0.25, 0.3) is 0 Å². The Hall–Kier alpha value is -2.49. The second-order valence-electron chi connectivity index (χ2n) is 6.85. The fourth-order valence-corrected chi connectivity index (χ4v) is 6.04. The summed E-state index contributed by atoms with van der Waals surface area (Å²) in [5, 5.41) is 3.83. The molecule has 0 aliphatic carbocycles. The average Bonchev–Trinajstić information content (AvgIpc) is 3.34. The number of rotatable bonds is 5. The van der Waals surface area contributed by atoms with Crippen molar-refractivity contribution >= 4 is 43.2 Å². The number of fused-ring (bicyclic) bond motifs is 1. The lowest BCUT2D eigenvalue weighted by Gasteiger charge is -2.23. The largest absolute Gasteiger partial charge is 0.497 e. The van der Waals surface area contributed by atoms with Crippen LogP contribution >= 0.6 is 11.3 Å². The lowest BCUT2D eigenvalue weighted by molar-refractivity contribution is -0.119. The summed E-state index contributed by atoms with van der Waals surface area (Å²) in [7, 11) is -2.25. The number of sulfonamides is 1. The van der Waals surface area contributed by atoms with Crippen LogP contribution < -0.4 is 10.1 Å². The first kappa shape index (κ1) is 19.8. The van der Waals surface area contributed by atoms with Crippen LogP contribution in [0, 0.1) is 6.92 Å². The molecule has 29 heavy (non-hydrogen) atoms. The highest BCUT2D eigenvalue weighted by molar-refractivity contribution is 7.89. The van der Waals surface area contributed by atoms with E-state index >= 15 is 0 Å². The first-order valence-corrected chi connectivity index (χ1v) is 11.5. The molecular formula is C20H21N3O4S2. The van der Waals surface area contributed by atoms with Gasteiger partial charge in [-0.2, -0.15) is 4.31 Å². The zero-order chi connectivity index (χ0) is 20.6. The van der Waals surface area contributed by atoms with E-state index in [1.165, 1.54) is 23.5 Å². The number of benzene rings is 2. The first-order valence-electron chi connectivity index (χ1n) is 9.22. The number of methoxy groups -OCH3 is 1. The maximum absolute atomic E-state index is 13.1. The number of aromatic nitrogens is 1. The van der Waals surface area contributed by atoms with Crippen LogP contribution in [0.15, 0.2) is 47.4 Å². The lowest BCUT2D eigenvalue weighted by atomic mass is 10.2. The highest BCUT2D eigenvalue weighted by Crippen LogP contribution is 2.29. The molecule has 7 nitrogen and oxygen atoms in total. The van der Waals surface area contributed by atoms with E-state index in [1.54, 1.807) is 29.5 Å². The van der Waals surface area contributed by atoms with Gasteiger partial charge in [0.05, 0.1) is 27.2 Å². The Morgan fingerprint density at radius 2 is 2.00 bits per heavy atom. The molecule has 1 fully saturated rings. The van der Waals surface area contributed by atoms with Gasteiger partial charge in [0, 0.05) is 12.2 Å². The van der Waals surface area contributed by atoms with Crippen molar-refractivity contribution in [1.29, 1.82) is 0 Å². The van der Waals surface area contributed by atoms with Gasteiger partial charge in [-0.15, -0.1) is 11.3 Å². The number of aryl methyl sites for hydroxylation is 1. The van der Waals surface area contributed by atoms with E-state index in [2.05, 4.69) is 10.3 Å². The van der Waals surface area contributed by atoms with Gasteiger partial charge in [0.1, 0.15) is 11.8 Å². The summed E-state index contributed by atoms with van der Waals surface area (Å²) >= 11 is 1.55. The number of carbonyl (C=O) groups excluding carboxylic acids is 1. The fraction of sp³-hybridized carbons (Fsp3) is 0.300. The van der Waals surface area contributed by atoms with Crippen LogP contribution in [-0.2, 0) is 14.8 Å². The molecule has 0 radical (unpaired) electrons. The number of ether oxygens (including phenoxy) is 1. The average molecular weight is 432 g/mol. The number of hydrogen-bond acceptors (Lipinski definition) is 6. The molecule has 1 amide bonds. The van der Waals surface area contributed by atoms with E-state index in [1.807, 2.05) is 19.1 Å². The van der Waals surface area contributed by atoms with E-state index in [4.69, 9.17) is 4.74 Å². The topological polar surface area (TPSA) is 88.6 Å². The number of hydrogen-bond donors (Lipinski definition) is 1. The van der Waals surface area contributed by atoms with Crippen LogP contribution in [-0.4, -0.2) is 43.3 Å². The van der Waals surface area contributed by atoms with Crippen molar-refractivity contribution in [1.82, 2.24) is 9.29 Å². The minimum absolute atomic E-state index is 0.152. The smallest absolute Gasteiger partial charge is 0.243 e. The third-order valence-corrected chi connectivity index (χ3v) is 7.79. The summed E-state index contributed by atoms with van der Waals surface area (Å²) in [6.45, 7) is 2.25. The SMILES string of the molecule is COc1ccc(S(=O)(=O)N2CCCC2C(=O)Nc2ccc3nc(C)sc3c2)cc1. The molecule has 0 bridgehead atoms. The van der Waals surface area contributed by atoms with Crippen LogP contribution in [0.1, 0.15) is 17.8 Å². The Labute approximate surface area is 173 Å². The maximum atomic E-state index is 13.1. The van der Waals surface area contributed by atoms with Gasteiger partial charge in [-0.25, -0.2) is 13.4 Å². The zero-order valence-electron chi connectivity index (χ0n) is 16.1. The zero-order valence-corrected chi connectivity index (χ0v) is 17.7. The van der Waals surface area contributed by atoms with Crippen molar-refractivity contribution < 1.29 is 17.9 Å². The van der Waals surface area contributed by atoms with Gasteiger partial charge in [-0.1, -0.05) is 0 Å². The lowest BCUT2D eigenvalue weighted by Crippen LogP contribution is -2.43. The molecule has 2 heterocycles. The van der Waals surface area contributed by atoms with E-state index in [-0.39, 0.29) is 10.8 Å². The summed E-state index contributed by atoms with van der Waals surface area (Å²) in [4.78, 5) is 17.5. The summed E-state index contributed by atoms with van der Waals surface area (Å²) < 4.78 is 33.5. The van der Waals surface area contributed by atoms with Gasteiger partial charge < -0.3 is 10.1 Å². The molecule has 2 aromatic carbocycles. The van der Waals surface area contributed by atoms with Crippen molar-refractivity contribution in [3.8, 4) is 5.75 Å². The second kappa shape index (κ2) is 7.74. The Morgan fingerprint density at radius 3 is 2.72 bits per heavy atom. The third-order valence-electron chi connectivity index (χ3n) is 4.94. The predicted molar refractivity (Wildman–Crippen MR) is 113 cm³/mol. The van der Waals surface area contributed by atoms with Gasteiger partial charge in [-0.3, -0.25) is 4.79 Å². The molecule has 1 aromatic heterocycles. The quantitative estimate of drug-likeness (QED) is 0.669. The van der Waals surface area contributed by atoms with Gasteiger partial charge in [0.15, 0.2) is 0 Å². The predicted octanol–water partition coefficient (Wildman–Crippen LogP) is 3.41. The number of carbonyl (C=O) groups is 1. The molecule has 0 saturated carbocycles. The summed E-state index contributed by atoms with van der Waals surface area (Å²) in [6.07, 6.45) is 1.13. The number of thiazole rings is 1. The maximum Gasteiger partial charge on any atom is 0.243 e. The summed E-state index contributed by atoms with van der Waals surface area (Å²) in [5.74, 6) is 0.258. The molecule has 4 rings (SSSR count). The highest BCUT2D eigenvalue weighted by atomic mass is 32.2. The molecule has 0 spiro atoms. The number of amides is 1. The third kappa shape index (κ3) is 3.85. The van der Waals surface area contributed by atoms with Crippen LogP contribution in [0.4, 0.5) is 5.69 Å². The van der Waals surface area contributed by atoms with Gasteiger partial charge in [0.2, 0.25) is 15.9 Å².